The van der Waals surface area contributed by atoms with E-state index in [-0.39, 0.29) is 29.8 Å². The van der Waals surface area contributed by atoms with Gasteiger partial charge >= 0.3 is 0 Å². The predicted molar refractivity (Wildman–Crippen MR) is 93.4 cm³/mol. The first-order valence-electron chi connectivity index (χ1n) is 7.16. The van der Waals surface area contributed by atoms with Gasteiger partial charge < -0.3 is 10.6 Å². The number of nitrogens with two attached hydrogens (primary N) is 1. The molecule has 1 aromatic carbocycles. The van der Waals surface area contributed by atoms with Crippen LogP contribution in [0.5, 0.6) is 0 Å². The molecule has 2 unspecified atom stereocenters. The van der Waals surface area contributed by atoms with Gasteiger partial charge in [-0.05, 0) is 50.3 Å². The monoisotopic (exact) mass is 328 g/mol. The third-order valence-electron chi connectivity index (χ3n) is 4.34. The highest BCUT2D eigenvalue weighted by atomic mass is 35.5. The van der Waals surface area contributed by atoms with Crippen LogP contribution in [0.1, 0.15) is 32.6 Å². The van der Waals surface area contributed by atoms with Gasteiger partial charge in [0.1, 0.15) is 0 Å². The second kappa shape index (κ2) is 7.52. The van der Waals surface area contributed by atoms with Gasteiger partial charge in [0.05, 0.1) is 5.92 Å². The normalized spacial score (nSPS) is 25.0. The van der Waals surface area contributed by atoms with Crippen LogP contribution >= 0.6 is 24.2 Å². The van der Waals surface area contributed by atoms with Gasteiger partial charge in [-0.25, -0.2) is 0 Å². The molecule has 5 heteroatoms. The molecule has 0 aliphatic heterocycles. The van der Waals surface area contributed by atoms with E-state index >= 15 is 0 Å². The lowest BCUT2D eigenvalue weighted by Gasteiger charge is -2.39. The van der Waals surface area contributed by atoms with Gasteiger partial charge in [-0.1, -0.05) is 12.8 Å². The maximum atomic E-state index is 12.7. The lowest BCUT2D eigenvalue weighted by Crippen LogP contribution is -2.53. The third-order valence-corrected chi connectivity index (χ3v) is 5.09. The number of carbonyl (C=O) groups excluding carboxylic acids is 1. The largest absolute Gasteiger partial charge is 0.325 e. The van der Waals surface area contributed by atoms with Crippen molar-refractivity contribution in [2.45, 2.75) is 43.0 Å². The summed E-state index contributed by atoms with van der Waals surface area (Å²) in [6.07, 6.45) is 6.11. The molecule has 2 rings (SSSR count). The minimum absolute atomic E-state index is 0. The first-order valence-corrected chi connectivity index (χ1v) is 8.38. The standard InChI is InChI=1S/C16H24N2OS.ClH/c1-16(17)11-5-4-6-14(16)15(19)18(2)12-7-9-13(20-3)10-8-12;/h7-10,14H,4-6,11,17H2,1-3H3;1H. The fraction of sp³-hybridized carbons (Fsp3) is 0.562. The smallest absolute Gasteiger partial charge is 0.231 e. The molecule has 1 aliphatic carbocycles. The molecule has 0 aromatic heterocycles. The van der Waals surface area contributed by atoms with E-state index in [0.717, 1.165) is 31.4 Å². The lowest BCUT2D eigenvalue weighted by molar-refractivity contribution is -0.125. The van der Waals surface area contributed by atoms with E-state index in [4.69, 9.17) is 5.73 Å². The number of carbonyl (C=O) groups is 1. The zero-order valence-corrected chi connectivity index (χ0v) is 14.6. The molecule has 0 saturated heterocycles. The molecule has 2 atom stereocenters. The highest BCUT2D eigenvalue weighted by Crippen LogP contribution is 2.33. The number of thioether (sulfide) groups is 1. The zero-order chi connectivity index (χ0) is 14.8. The molecule has 1 saturated carbocycles. The number of rotatable bonds is 3. The van der Waals surface area contributed by atoms with Gasteiger partial charge in [0.25, 0.3) is 0 Å². The Morgan fingerprint density at radius 2 is 1.95 bits per heavy atom. The number of halogens is 1. The molecule has 0 radical (unpaired) electrons. The van der Waals surface area contributed by atoms with Crippen molar-refractivity contribution in [1.82, 2.24) is 0 Å². The molecule has 21 heavy (non-hydrogen) atoms. The van der Waals surface area contributed by atoms with Crippen LogP contribution in [-0.4, -0.2) is 24.7 Å². The van der Waals surface area contributed by atoms with Gasteiger partial charge in [-0.15, -0.1) is 24.2 Å². The Labute approximate surface area is 138 Å². The SMILES string of the molecule is CSc1ccc(N(C)C(=O)C2CCCCC2(C)N)cc1.Cl. The summed E-state index contributed by atoms with van der Waals surface area (Å²) in [5, 5.41) is 0. The quantitative estimate of drug-likeness (QED) is 0.860. The molecule has 1 aliphatic rings. The Morgan fingerprint density at radius 3 is 2.48 bits per heavy atom. The molecule has 3 nitrogen and oxygen atoms in total. The van der Waals surface area contributed by atoms with Crippen molar-refractivity contribution in [2.24, 2.45) is 11.7 Å². The predicted octanol–water partition coefficient (Wildman–Crippen LogP) is 3.70. The Morgan fingerprint density at radius 1 is 1.33 bits per heavy atom. The molecule has 2 N–H and O–H groups in total. The van der Waals surface area contributed by atoms with Crippen molar-refractivity contribution >= 4 is 35.8 Å². The molecule has 0 bridgehead atoms. The van der Waals surface area contributed by atoms with Crippen LogP contribution in [0.25, 0.3) is 0 Å². The highest BCUT2D eigenvalue weighted by molar-refractivity contribution is 7.98. The number of amides is 1. The van der Waals surface area contributed by atoms with Crippen molar-refractivity contribution in [1.29, 1.82) is 0 Å². The van der Waals surface area contributed by atoms with E-state index < -0.39 is 0 Å². The fourth-order valence-corrected chi connectivity index (χ4v) is 3.34. The van der Waals surface area contributed by atoms with Crippen LogP contribution in [-0.2, 0) is 4.79 Å². The minimum atomic E-state index is -0.372. The summed E-state index contributed by atoms with van der Waals surface area (Å²) >= 11 is 1.70. The first-order chi connectivity index (χ1) is 9.45. The van der Waals surface area contributed by atoms with Crippen molar-refractivity contribution in [3.05, 3.63) is 24.3 Å². The maximum absolute atomic E-state index is 12.7. The van der Waals surface area contributed by atoms with Crippen LogP contribution in [0.2, 0.25) is 0 Å². The highest BCUT2D eigenvalue weighted by Gasteiger charge is 2.39. The van der Waals surface area contributed by atoms with Gasteiger partial charge in [-0.3, -0.25) is 4.79 Å². The van der Waals surface area contributed by atoms with Crippen molar-refractivity contribution in [3.8, 4) is 0 Å². The second-order valence-corrected chi connectivity index (χ2v) is 6.78. The molecular formula is C16H25ClN2OS. The molecule has 0 heterocycles. The van der Waals surface area contributed by atoms with Crippen molar-refractivity contribution in [2.75, 3.05) is 18.2 Å². The summed E-state index contributed by atoms with van der Waals surface area (Å²) in [7, 11) is 1.85. The summed E-state index contributed by atoms with van der Waals surface area (Å²) in [6.45, 7) is 2.01. The van der Waals surface area contributed by atoms with Gasteiger partial charge in [0.2, 0.25) is 5.91 Å². The topological polar surface area (TPSA) is 46.3 Å². The van der Waals surface area contributed by atoms with E-state index in [2.05, 4.69) is 0 Å². The summed E-state index contributed by atoms with van der Waals surface area (Å²) < 4.78 is 0. The second-order valence-electron chi connectivity index (χ2n) is 5.90. The van der Waals surface area contributed by atoms with Crippen LogP contribution in [0.15, 0.2) is 29.2 Å². The molecular weight excluding hydrogens is 304 g/mol. The molecule has 0 spiro atoms. The number of hydrogen-bond acceptors (Lipinski definition) is 3. The Balaban J connectivity index is 0.00000220. The third kappa shape index (κ3) is 4.15. The van der Waals surface area contributed by atoms with Gasteiger partial charge in [0, 0.05) is 23.2 Å². The number of anilines is 1. The Kier molecular flexibility index (Phi) is 6.57. The number of hydrogen-bond donors (Lipinski definition) is 1. The molecule has 1 amide bonds. The van der Waals surface area contributed by atoms with Gasteiger partial charge in [-0.2, -0.15) is 0 Å². The van der Waals surface area contributed by atoms with E-state index in [9.17, 15) is 4.79 Å². The molecule has 118 valence electrons. The molecule has 1 fully saturated rings. The summed E-state index contributed by atoms with van der Waals surface area (Å²) in [4.78, 5) is 15.7. The van der Waals surface area contributed by atoms with Crippen molar-refractivity contribution in [3.63, 3.8) is 0 Å². The van der Waals surface area contributed by atoms with Gasteiger partial charge in [0.15, 0.2) is 0 Å². The van der Waals surface area contributed by atoms with E-state index in [1.54, 1.807) is 16.7 Å². The Hall–Kier alpha value is -0.710. The average Bonchev–Trinajstić information content (AvgIpc) is 2.45. The average molecular weight is 329 g/mol. The fourth-order valence-electron chi connectivity index (χ4n) is 2.93. The molecule has 1 aromatic rings. The van der Waals surface area contributed by atoms with Crippen LogP contribution < -0.4 is 10.6 Å². The maximum Gasteiger partial charge on any atom is 0.231 e. The van der Waals surface area contributed by atoms with Crippen molar-refractivity contribution < 1.29 is 4.79 Å². The van der Waals surface area contributed by atoms with E-state index in [0.29, 0.717) is 0 Å². The lowest BCUT2D eigenvalue weighted by atomic mass is 9.74. The first kappa shape index (κ1) is 18.3. The number of nitrogens with zero attached hydrogens (tertiary/aromatic N) is 1. The summed E-state index contributed by atoms with van der Waals surface area (Å²) in [6, 6.07) is 8.10. The Bertz CT molecular complexity index is 476. The van der Waals surface area contributed by atoms with E-state index in [1.165, 1.54) is 4.90 Å². The summed E-state index contributed by atoms with van der Waals surface area (Å²) in [5.41, 5.74) is 6.90. The zero-order valence-electron chi connectivity index (χ0n) is 13.0. The van der Waals surface area contributed by atoms with Crippen LogP contribution in [0, 0.1) is 5.92 Å². The summed E-state index contributed by atoms with van der Waals surface area (Å²) in [5.74, 6) is 0.0769. The van der Waals surface area contributed by atoms with E-state index in [1.807, 2.05) is 44.5 Å². The van der Waals surface area contributed by atoms with Crippen LogP contribution in [0.3, 0.4) is 0 Å². The minimum Gasteiger partial charge on any atom is -0.325 e. The van der Waals surface area contributed by atoms with Crippen LogP contribution in [0.4, 0.5) is 5.69 Å². The number of benzene rings is 1.